The van der Waals surface area contributed by atoms with Crippen LogP contribution in [0.15, 0.2) is 35.5 Å². The van der Waals surface area contributed by atoms with E-state index in [4.69, 9.17) is 10.5 Å². The van der Waals surface area contributed by atoms with Crippen LogP contribution in [0.4, 0.5) is 14.5 Å². The number of hydrogen-bond donors (Lipinski definition) is 2. The van der Waals surface area contributed by atoms with E-state index in [0.717, 1.165) is 12.1 Å². The van der Waals surface area contributed by atoms with Gasteiger partial charge in [0.25, 0.3) is 5.91 Å². The third kappa shape index (κ3) is 3.72. The molecular formula is C19H20F2N4O4S. The first-order valence-electron chi connectivity index (χ1n) is 8.83. The lowest BCUT2D eigenvalue weighted by Crippen LogP contribution is -2.50. The summed E-state index contributed by atoms with van der Waals surface area (Å²) in [6.45, 7) is 2.76. The van der Waals surface area contributed by atoms with Gasteiger partial charge in [-0.25, -0.2) is 22.2 Å². The van der Waals surface area contributed by atoms with Gasteiger partial charge in [0.15, 0.2) is 15.7 Å². The van der Waals surface area contributed by atoms with E-state index in [1.54, 1.807) is 0 Å². The maximum absolute atomic E-state index is 15.1. The van der Waals surface area contributed by atoms with Gasteiger partial charge in [-0.2, -0.15) is 0 Å². The number of hydrogen-bond acceptors (Lipinski definition) is 7. The number of aromatic nitrogens is 1. The summed E-state index contributed by atoms with van der Waals surface area (Å²) < 4.78 is 58.1. The third-order valence-electron chi connectivity index (χ3n) is 4.98. The molecule has 3 N–H and O–H groups in total. The summed E-state index contributed by atoms with van der Waals surface area (Å²) in [7, 11) is -2.39. The Bertz CT molecular complexity index is 1130. The number of nitrogens with one attached hydrogen (secondary N) is 1. The number of anilines is 1. The van der Waals surface area contributed by atoms with E-state index in [2.05, 4.69) is 15.3 Å². The van der Waals surface area contributed by atoms with Crippen molar-refractivity contribution in [3.8, 4) is 5.75 Å². The van der Waals surface area contributed by atoms with Crippen molar-refractivity contribution in [3.63, 3.8) is 0 Å². The van der Waals surface area contributed by atoms with Gasteiger partial charge in [-0.1, -0.05) is 0 Å². The molecule has 0 aliphatic carbocycles. The predicted octanol–water partition coefficient (Wildman–Crippen LogP) is 2.23. The number of ether oxygens (including phenoxy) is 1. The first-order chi connectivity index (χ1) is 14.0. The zero-order chi connectivity index (χ0) is 22.3. The highest BCUT2D eigenvalue weighted by Gasteiger charge is 2.45. The molecule has 0 saturated heterocycles. The molecule has 160 valence electrons. The van der Waals surface area contributed by atoms with Gasteiger partial charge in [0.2, 0.25) is 0 Å². The van der Waals surface area contributed by atoms with Crippen molar-refractivity contribution in [2.75, 3.05) is 18.2 Å². The minimum atomic E-state index is -3.82. The van der Waals surface area contributed by atoms with E-state index in [0.29, 0.717) is 5.75 Å². The molecule has 8 nitrogen and oxygen atoms in total. The Morgan fingerprint density at radius 1 is 1.27 bits per heavy atom. The fourth-order valence-electron chi connectivity index (χ4n) is 2.88. The van der Waals surface area contributed by atoms with Crippen molar-refractivity contribution in [1.82, 2.24) is 4.98 Å². The molecule has 1 aromatic heterocycles. The highest BCUT2D eigenvalue weighted by molar-refractivity contribution is 7.93. The van der Waals surface area contributed by atoms with E-state index in [1.165, 1.54) is 39.3 Å². The normalized spacial score (nSPS) is 19.6. The largest absolute Gasteiger partial charge is 0.495 e. The lowest BCUT2D eigenvalue weighted by atomic mass is 10.0. The Kier molecular flexibility index (Phi) is 5.50. The number of sulfone groups is 1. The summed E-state index contributed by atoms with van der Waals surface area (Å²) >= 11 is 0. The maximum atomic E-state index is 15.1. The molecule has 2 aromatic rings. The number of nitrogens with zero attached hydrogens (tertiary/aromatic N) is 2. The zero-order valence-electron chi connectivity index (χ0n) is 16.4. The van der Waals surface area contributed by atoms with Gasteiger partial charge in [-0.05, 0) is 38.1 Å². The lowest BCUT2D eigenvalue weighted by Gasteiger charge is -2.32. The first kappa shape index (κ1) is 21.6. The molecule has 1 aliphatic rings. The second-order valence-corrected chi connectivity index (χ2v) is 9.77. The van der Waals surface area contributed by atoms with Gasteiger partial charge in [-0.3, -0.25) is 9.79 Å². The second-order valence-electron chi connectivity index (χ2n) is 7.18. The fourth-order valence-corrected chi connectivity index (χ4v) is 4.32. The minimum Gasteiger partial charge on any atom is -0.495 e. The first-order valence-corrected chi connectivity index (χ1v) is 10.5. The molecule has 2 heterocycles. The summed E-state index contributed by atoms with van der Waals surface area (Å²) in [6, 6.07) is 3.45. The molecule has 1 atom stereocenters. The Morgan fingerprint density at radius 2 is 1.97 bits per heavy atom. The lowest BCUT2D eigenvalue weighted by molar-refractivity contribution is 0.102. The minimum absolute atomic E-state index is 0.0228. The van der Waals surface area contributed by atoms with Crippen LogP contribution in [0, 0.1) is 11.6 Å². The van der Waals surface area contributed by atoms with Crippen molar-refractivity contribution < 1.29 is 26.7 Å². The smallest absolute Gasteiger partial charge is 0.274 e. The van der Waals surface area contributed by atoms with Gasteiger partial charge in [0.05, 0.1) is 36.4 Å². The van der Waals surface area contributed by atoms with E-state index in [1.807, 2.05) is 0 Å². The van der Waals surface area contributed by atoms with Gasteiger partial charge < -0.3 is 15.8 Å². The van der Waals surface area contributed by atoms with Gasteiger partial charge in [-0.15, -0.1) is 0 Å². The van der Waals surface area contributed by atoms with Crippen LogP contribution in [-0.2, 0) is 9.84 Å². The van der Waals surface area contributed by atoms with Crippen LogP contribution in [0.3, 0.4) is 0 Å². The summed E-state index contributed by atoms with van der Waals surface area (Å²) in [5.41, 5.74) is 4.82. The van der Waals surface area contributed by atoms with E-state index in [-0.39, 0.29) is 17.2 Å². The van der Waals surface area contributed by atoms with Crippen LogP contribution in [-0.4, -0.2) is 42.8 Å². The number of benzene rings is 1. The second kappa shape index (κ2) is 7.63. The van der Waals surface area contributed by atoms with Gasteiger partial charge in [0, 0.05) is 0 Å². The number of carbonyl (C=O) groups is 1. The highest BCUT2D eigenvalue weighted by Crippen LogP contribution is 2.36. The summed E-state index contributed by atoms with van der Waals surface area (Å²) in [5.74, 6) is -3.30. The molecule has 0 saturated carbocycles. The maximum Gasteiger partial charge on any atom is 0.274 e. The van der Waals surface area contributed by atoms with E-state index < -0.39 is 49.5 Å². The van der Waals surface area contributed by atoms with Crippen LogP contribution in [0.25, 0.3) is 0 Å². The molecule has 3 rings (SSSR count). The highest BCUT2D eigenvalue weighted by atomic mass is 32.2. The molecule has 0 spiro atoms. The third-order valence-corrected chi connectivity index (χ3v) is 7.50. The number of methoxy groups -OCH3 is 1. The van der Waals surface area contributed by atoms with Crippen LogP contribution in [0.5, 0.6) is 5.75 Å². The topological polar surface area (TPSA) is 124 Å². The van der Waals surface area contributed by atoms with Crippen molar-refractivity contribution in [2.24, 2.45) is 10.7 Å². The quantitative estimate of drug-likeness (QED) is 0.754. The van der Waals surface area contributed by atoms with E-state index >= 15 is 4.39 Å². The standard InChI is InChI=1S/C19H20F2N4O4S/c1-19(2)18(22)25-14(9-30(19,27)28)15-11(20)5-7-12(16(15)21)24-17(26)13-6-4-10(29-3)8-23-13/h4-8,14H,9H2,1-3H3,(H2,22,25)(H,24,26). The molecule has 0 bridgehead atoms. The summed E-state index contributed by atoms with van der Waals surface area (Å²) in [5, 5.41) is 2.31. The van der Waals surface area contributed by atoms with Gasteiger partial charge in [0.1, 0.15) is 27.8 Å². The summed E-state index contributed by atoms with van der Waals surface area (Å²) in [6.07, 6.45) is 1.31. The molecule has 1 aromatic carbocycles. The Morgan fingerprint density at radius 3 is 2.53 bits per heavy atom. The molecule has 1 amide bonds. The Balaban J connectivity index is 1.96. The number of rotatable bonds is 4. The van der Waals surface area contributed by atoms with Crippen LogP contribution in [0.1, 0.15) is 35.9 Å². The Labute approximate surface area is 172 Å². The van der Waals surface area contributed by atoms with Crippen LogP contribution in [0.2, 0.25) is 0 Å². The number of amides is 1. The molecule has 11 heteroatoms. The molecule has 1 unspecified atom stereocenters. The predicted molar refractivity (Wildman–Crippen MR) is 107 cm³/mol. The number of nitrogens with two attached hydrogens (primary N) is 1. The fraction of sp³-hybridized carbons (Fsp3) is 0.316. The monoisotopic (exact) mass is 438 g/mol. The number of carbonyl (C=O) groups excluding carboxylic acids is 1. The van der Waals surface area contributed by atoms with Crippen molar-refractivity contribution in [2.45, 2.75) is 24.6 Å². The van der Waals surface area contributed by atoms with Crippen molar-refractivity contribution >= 4 is 27.3 Å². The van der Waals surface area contributed by atoms with Crippen LogP contribution < -0.4 is 15.8 Å². The molecule has 1 aliphatic heterocycles. The Hall–Kier alpha value is -3.08. The van der Waals surface area contributed by atoms with Crippen LogP contribution >= 0.6 is 0 Å². The molecule has 0 fully saturated rings. The molecule has 0 radical (unpaired) electrons. The number of halogens is 2. The van der Waals surface area contributed by atoms with E-state index in [9.17, 15) is 17.6 Å². The SMILES string of the molecule is COc1ccc(C(=O)Nc2ccc(F)c(C3CS(=O)(=O)C(C)(C)C(N)=N3)c2F)nc1. The molecule has 30 heavy (non-hydrogen) atoms. The average Bonchev–Trinajstić information content (AvgIpc) is 2.68. The average molecular weight is 438 g/mol. The zero-order valence-corrected chi connectivity index (χ0v) is 17.3. The number of aliphatic imine (C=N–C) groups is 1. The van der Waals surface area contributed by atoms with Gasteiger partial charge >= 0.3 is 0 Å². The summed E-state index contributed by atoms with van der Waals surface area (Å²) in [4.78, 5) is 20.3. The molecular weight excluding hydrogens is 418 g/mol. The van der Waals surface area contributed by atoms with Crippen molar-refractivity contribution in [1.29, 1.82) is 0 Å². The van der Waals surface area contributed by atoms with Crippen molar-refractivity contribution in [3.05, 3.63) is 53.4 Å². The number of amidine groups is 1. The number of pyridine rings is 1.